The number of nitrogens with zero attached hydrogens (tertiary/aromatic N) is 2. The smallest absolute Gasteiger partial charge is 0.320 e. The van der Waals surface area contributed by atoms with Crippen LogP contribution in [0.15, 0.2) is 52.9 Å². The Balaban J connectivity index is 1.42. The zero-order valence-corrected chi connectivity index (χ0v) is 31.9. The summed E-state index contributed by atoms with van der Waals surface area (Å²) in [4.78, 5) is 29.1. The van der Waals surface area contributed by atoms with Crippen LogP contribution in [0.1, 0.15) is 80.8 Å². The molecule has 0 unspecified atom stereocenters. The molecule has 11 heteroatoms. The second kappa shape index (κ2) is 15.1. The molecule has 1 saturated carbocycles. The molecule has 2 aromatic rings. The van der Waals surface area contributed by atoms with Gasteiger partial charge in [0, 0.05) is 40.2 Å². The highest BCUT2D eigenvalue weighted by Crippen LogP contribution is 2.47. The van der Waals surface area contributed by atoms with Crippen molar-refractivity contribution in [2.75, 3.05) is 48.0 Å². The van der Waals surface area contributed by atoms with Crippen LogP contribution in [-0.4, -0.2) is 70.9 Å². The Morgan fingerprint density at radius 3 is 2.78 bits per heavy atom. The first-order chi connectivity index (χ1) is 23.4. The molecule has 4 aliphatic rings. The maximum atomic E-state index is 14.2. The molecule has 1 fully saturated rings. The number of hydrogen-bond donors (Lipinski definition) is 0. The lowest BCUT2D eigenvalue weighted by molar-refractivity contribution is -0.151. The standard InChI is InChI=1S/C38H48BrClN2O6S/c1-37(2,3)48-35(43)23-49(45)19-6-4-5-9-33(46-18-17-39)30-13-10-28(30)22-42-24-38(16-7-8-26-20-29(40)12-14-31(26)38)25-47-34-15-11-27(21-32(34)42)36(44)41-49/h5,9,11-12,14-15,20-21,28,30,33H,4,6-8,10,13,16-19,22-25H2,1-3H3/b9-5+/t28-,30+,33-,38-,49-/m0/s1. The summed E-state index contributed by atoms with van der Waals surface area (Å²) in [6.45, 7) is 7.93. The van der Waals surface area contributed by atoms with Crippen LogP contribution in [-0.2, 0) is 35.8 Å². The number of esters is 1. The highest BCUT2D eigenvalue weighted by Gasteiger charge is 2.44. The monoisotopic (exact) mass is 774 g/mol. The molecule has 2 heterocycles. The van der Waals surface area contributed by atoms with Crippen molar-refractivity contribution < 1.29 is 28.0 Å². The van der Waals surface area contributed by atoms with Gasteiger partial charge in [-0.2, -0.15) is 4.36 Å². The third kappa shape index (κ3) is 8.57. The molecule has 2 bridgehead atoms. The fourth-order valence-electron chi connectivity index (χ4n) is 7.85. The molecule has 2 aliphatic heterocycles. The summed E-state index contributed by atoms with van der Waals surface area (Å²) in [5.41, 5.74) is 2.72. The number of anilines is 1. The Bertz CT molecular complexity index is 1720. The summed E-state index contributed by atoms with van der Waals surface area (Å²) in [6.07, 6.45) is 10.5. The first-order valence-corrected chi connectivity index (χ1v) is 20.9. The molecule has 266 valence electrons. The Morgan fingerprint density at radius 1 is 1.18 bits per heavy atom. The van der Waals surface area contributed by atoms with Crippen molar-refractivity contribution in [3.05, 3.63) is 70.3 Å². The first kappa shape index (κ1) is 36.4. The number of amides is 1. The Morgan fingerprint density at radius 2 is 2.02 bits per heavy atom. The Kier molecular flexibility index (Phi) is 11.2. The summed E-state index contributed by atoms with van der Waals surface area (Å²) < 4.78 is 37.1. The number of fused-ring (bicyclic) bond motifs is 4. The minimum absolute atomic E-state index is 0.0397. The number of ether oxygens (including phenoxy) is 3. The molecule has 1 amide bonds. The molecule has 0 aromatic heterocycles. The van der Waals surface area contributed by atoms with E-state index in [1.807, 2.05) is 18.2 Å². The van der Waals surface area contributed by atoms with Gasteiger partial charge in [0.05, 0.1) is 34.7 Å². The van der Waals surface area contributed by atoms with Gasteiger partial charge in [-0.15, -0.1) is 0 Å². The van der Waals surface area contributed by atoms with E-state index in [9.17, 15) is 13.8 Å². The number of alkyl halides is 1. The fraction of sp³-hybridized carbons (Fsp3) is 0.579. The van der Waals surface area contributed by atoms with Crippen LogP contribution in [0.25, 0.3) is 0 Å². The quantitative estimate of drug-likeness (QED) is 0.173. The summed E-state index contributed by atoms with van der Waals surface area (Å²) in [6, 6.07) is 11.6. The second-order valence-corrected chi connectivity index (χ2v) is 18.6. The summed E-state index contributed by atoms with van der Waals surface area (Å²) in [7, 11) is -3.25. The van der Waals surface area contributed by atoms with Crippen molar-refractivity contribution in [2.45, 2.75) is 82.8 Å². The maximum absolute atomic E-state index is 14.2. The van der Waals surface area contributed by atoms with Gasteiger partial charge in [-0.1, -0.05) is 45.7 Å². The van der Waals surface area contributed by atoms with E-state index in [1.165, 1.54) is 11.1 Å². The van der Waals surface area contributed by atoms with Crippen molar-refractivity contribution in [1.82, 2.24) is 0 Å². The van der Waals surface area contributed by atoms with Gasteiger partial charge >= 0.3 is 5.97 Å². The number of hydrogen-bond acceptors (Lipinski definition) is 7. The highest BCUT2D eigenvalue weighted by molar-refractivity contribution is 9.09. The number of rotatable bonds is 5. The molecule has 2 aliphatic carbocycles. The summed E-state index contributed by atoms with van der Waals surface area (Å²) >= 11 is 9.99. The van der Waals surface area contributed by atoms with Crippen molar-refractivity contribution in [1.29, 1.82) is 0 Å². The average Bonchev–Trinajstić information content (AvgIpc) is 3.16. The molecular weight excluding hydrogens is 728 g/mol. The predicted octanol–water partition coefficient (Wildman–Crippen LogP) is 7.92. The lowest BCUT2D eigenvalue weighted by Gasteiger charge is -2.46. The lowest BCUT2D eigenvalue weighted by Crippen LogP contribution is -2.49. The molecule has 2 aromatic carbocycles. The minimum atomic E-state index is -3.25. The van der Waals surface area contributed by atoms with E-state index >= 15 is 0 Å². The molecular formula is C38H48BrClN2O6S. The van der Waals surface area contributed by atoms with E-state index in [-0.39, 0.29) is 17.3 Å². The first-order valence-electron chi connectivity index (χ1n) is 17.5. The van der Waals surface area contributed by atoms with Gasteiger partial charge < -0.3 is 19.1 Å². The van der Waals surface area contributed by atoms with E-state index in [4.69, 9.17) is 25.8 Å². The van der Waals surface area contributed by atoms with Crippen LogP contribution < -0.4 is 9.64 Å². The van der Waals surface area contributed by atoms with E-state index in [2.05, 4.69) is 49.5 Å². The van der Waals surface area contributed by atoms with Crippen LogP contribution >= 0.6 is 27.5 Å². The van der Waals surface area contributed by atoms with Gasteiger partial charge in [-0.25, -0.2) is 4.21 Å². The number of halogens is 2. The van der Waals surface area contributed by atoms with E-state index in [0.29, 0.717) is 49.2 Å². The van der Waals surface area contributed by atoms with Crippen LogP contribution in [0.4, 0.5) is 5.69 Å². The largest absolute Gasteiger partial charge is 0.490 e. The molecule has 8 nitrogen and oxygen atoms in total. The highest BCUT2D eigenvalue weighted by atomic mass is 79.9. The molecule has 6 rings (SSSR count). The van der Waals surface area contributed by atoms with Crippen LogP contribution in [0.2, 0.25) is 5.02 Å². The minimum Gasteiger partial charge on any atom is -0.490 e. The van der Waals surface area contributed by atoms with Crippen LogP contribution in [0.3, 0.4) is 0 Å². The van der Waals surface area contributed by atoms with Crippen molar-refractivity contribution >= 4 is 54.8 Å². The summed E-state index contributed by atoms with van der Waals surface area (Å²) in [5, 5.41) is 1.50. The van der Waals surface area contributed by atoms with Crippen LogP contribution in [0, 0.1) is 11.8 Å². The van der Waals surface area contributed by atoms with Gasteiger partial charge in [-0.3, -0.25) is 9.59 Å². The molecule has 5 atom stereocenters. The Labute approximate surface area is 304 Å². The second-order valence-electron chi connectivity index (χ2n) is 15.0. The number of aryl methyl sites for hydroxylation is 1. The number of benzene rings is 2. The predicted molar refractivity (Wildman–Crippen MR) is 199 cm³/mol. The van der Waals surface area contributed by atoms with Gasteiger partial charge in [-0.05, 0) is 119 Å². The fourth-order valence-corrected chi connectivity index (χ4v) is 9.99. The van der Waals surface area contributed by atoms with E-state index < -0.39 is 33.0 Å². The normalized spacial score (nSPS) is 29.4. The maximum Gasteiger partial charge on any atom is 0.320 e. The Hall–Kier alpha value is -2.40. The van der Waals surface area contributed by atoms with Crippen LogP contribution in [0.5, 0.6) is 5.75 Å². The van der Waals surface area contributed by atoms with Crippen molar-refractivity contribution in [3.63, 3.8) is 0 Å². The zero-order chi connectivity index (χ0) is 34.8. The van der Waals surface area contributed by atoms with E-state index in [1.54, 1.807) is 26.8 Å². The van der Waals surface area contributed by atoms with Gasteiger partial charge in [0.25, 0.3) is 5.91 Å². The van der Waals surface area contributed by atoms with E-state index in [0.717, 1.165) is 61.2 Å². The summed E-state index contributed by atoms with van der Waals surface area (Å²) in [5.74, 6) is -0.0985. The van der Waals surface area contributed by atoms with Gasteiger partial charge in [0.1, 0.15) is 17.1 Å². The number of carbonyl (C=O) groups excluding carboxylic acids is 2. The van der Waals surface area contributed by atoms with Crippen molar-refractivity contribution in [2.24, 2.45) is 16.2 Å². The molecule has 0 N–H and O–H groups in total. The number of carbonyl (C=O) groups is 2. The molecule has 49 heavy (non-hydrogen) atoms. The zero-order valence-electron chi connectivity index (χ0n) is 28.8. The SMILES string of the molecule is CC(C)(C)OC(=O)C[S@]1(=O)=NC(=O)c2ccc3c(c2)N(C[C@@H]2CC[C@H]2[C@@H](OCCBr)/C=C/CCC1)C[C@@]1(CCCc2cc(Cl)ccc21)CO3. The lowest BCUT2D eigenvalue weighted by atomic mass is 9.68. The molecule has 0 saturated heterocycles. The van der Waals surface area contributed by atoms with Crippen molar-refractivity contribution in [3.8, 4) is 5.75 Å². The topological polar surface area (TPSA) is 94.5 Å². The number of allylic oxidation sites excluding steroid dienone is 1. The molecule has 0 radical (unpaired) electrons. The average molecular weight is 776 g/mol. The third-order valence-corrected chi connectivity index (χ3v) is 12.9. The van der Waals surface area contributed by atoms with Gasteiger partial charge in [0.2, 0.25) is 0 Å². The molecule has 1 spiro atoms. The van der Waals surface area contributed by atoms with Gasteiger partial charge in [0.15, 0.2) is 0 Å². The third-order valence-electron chi connectivity index (χ3n) is 10.2.